The van der Waals surface area contributed by atoms with Crippen molar-refractivity contribution in [2.24, 2.45) is 58.2 Å². The van der Waals surface area contributed by atoms with Crippen molar-refractivity contribution in [3.63, 3.8) is 0 Å². The molecule has 5 heteroatoms. The van der Waals surface area contributed by atoms with E-state index in [1.807, 2.05) is 12.2 Å². The number of fused-ring (bicyclic) bond motifs is 10. The van der Waals surface area contributed by atoms with Crippen molar-refractivity contribution in [1.29, 1.82) is 0 Å². The van der Waals surface area contributed by atoms with Crippen LogP contribution in [0.1, 0.15) is 123 Å². The third-order valence-electron chi connectivity index (χ3n) is 14.7. The number of carbonyl (C=O) groups excluding carboxylic acids is 4. The first-order chi connectivity index (χ1) is 20.7. The molecular weight excluding hydrogens is 536 g/mol. The van der Waals surface area contributed by atoms with Gasteiger partial charge in [-0.05, 0) is 143 Å². The van der Waals surface area contributed by atoms with Gasteiger partial charge in [0.25, 0.3) is 0 Å². The molecule has 8 rings (SSSR count). The van der Waals surface area contributed by atoms with Crippen LogP contribution in [-0.2, 0) is 19.2 Å². The normalized spacial score (nSPS) is 46.6. The minimum Gasteiger partial charge on any atom is -0.393 e. The summed E-state index contributed by atoms with van der Waals surface area (Å²) in [6.07, 6.45) is 19.8. The molecule has 1 N–H and O–H groups in total. The molecule has 8 aliphatic carbocycles. The van der Waals surface area contributed by atoms with Gasteiger partial charge in [0.1, 0.15) is 11.6 Å². The molecule has 1 unspecified atom stereocenters. The predicted molar refractivity (Wildman–Crippen MR) is 165 cm³/mol. The summed E-state index contributed by atoms with van der Waals surface area (Å²) < 4.78 is 0. The molecule has 43 heavy (non-hydrogen) atoms. The van der Waals surface area contributed by atoms with E-state index in [0.717, 1.165) is 88.9 Å². The van der Waals surface area contributed by atoms with Gasteiger partial charge in [-0.3, -0.25) is 19.2 Å². The Labute approximate surface area is 257 Å². The first-order valence-corrected chi connectivity index (χ1v) is 17.9. The largest absolute Gasteiger partial charge is 0.393 e. The van der Waals surface area contributed by atoms with Gasteiger partial charge in [0.15, 0.2) is 11.6 Å². The maximum Gasteiger partial charge on any atom is 0.155 e. The van der Waals surface area contributed by atoms with Gasteiger partial charge in [0.05, 0.1) is 6.10 Å². The van der Waals surface area contributed by atoms with Gasteiger partial charge in [-0.25, -0.2) is 0 Å². The van der Waals surface area contributed by atoms with E-state index in [1.54, 1.807) is 0 Å². The number of carbonyl (C=O) groups is 4. The lowest BCUT2D eigenvalue weighted by molar-refractivity contribution is -0.143. The quantitative estimate of drug-likeness (QED) is 0.370. The fourth-order valence-corrected chi connectivity index (χ4v) is 12.8. The highest BCUT2D eigenvalue weighted by Gasteiger charge is 2.61. The fraction of sp³-hybridized carbons (Fsp3) is 0.789. The number of hydrogen-bond donors (Lipinski definition) is 1. The molecule has 0 spiro atoms. The van der Waals surface area contributed by atoms with Gasteiger partial charge < -0.3 is 5.11 Å². The van der Waals surface area contributed by atoms with Crippen LogP contribution in [0.2, 0.25) is 0 Å². The first kappa shape index (κ1) is 29.8. The van der Waals surface area contributed by atoms with E-state index in [1.165, 1.54) is 24.0 Å². The van der Waals surface area contributed by atoms with Gasteiger partial charge in [-0.2, -0.15) is 0 Å². The van der Waals surface area contributed by atoms with Gasteiger partial charge in [0.2, 0.25) is 0 Å². The molecule has 6 fully saturated rings. The van der Waals surface area contributed by atoms with Crippen molar-refractivity contribution in [2.45, 2.75) is 129 Å². The van der Waals surface area contributed by atoms with Crippen LogP contribution in [-0.4, -0.2) is 34.3 Å². The summed E-state index contributed by atoms with van der Waals surface area (Å²) in [6.45, 7) is 4.35. The topological polar surface area (TPSA) is 88.5 Å². The molecule has 6 saturated carbocycles. The zero-order valence-electron chi connectivity index (χ0n) is 26.5. The monoisotopic (exact) mass is 588 g/mol. The van der Waals surface area contributed by atoms with Crippen LogP contribution in [0.4, 0.5) is 0 Å². The molecule has 5 nitrogen and oxygen atoms in total. The molecule has 0 radical (unpaired) electrons. The standard InChI is InChI=1S/C19H26O3.C19H26O2/c1-2-19-10-16(21)18-13-6-4-12(20)9-11(13)3-5-14(18)15(19)7-8-17(19)22;1-2-19-10-9-15-14-6-4-13(20)11-12(14)3-5-16(15)17(19)7-8-18(19)21/h9,13-16,18,21H,2-8,10H2,1H3;11,14-17H,2-10H2,1H3/t13-,14-,15-,16?,18+,19-;14-,15+,16+,17-,19-/m00/s1. The Morgan fingerprint density at radius 3 is 1.84 bits per heavy atom. The lowest BCUT2D eigenvalue weighted by Gasteiger charge is -2.54. The third kappa shape index (κ3) is 4.56. The number of allylic oxidation sites excluding steroid dienone is 2. The van der Waals surface area contributed by atoms with Gasteiger partial charge in [0, 0.05) is 36.5 Å². The fourth-order valence-electron chi connectivity index (χ4n) is 12.8. The molecule has 0 aromatic rings. The molecule has 0 heterocycles. The number of hydrogen-bond acceptors (Lipinski definition) is 5. The molecule has 0 bridgehead atoms. The van der Waals surface area contributed by atoms with E-state index in [-0.39, 0.29) is 28.6 Å². The molecule has 11 atom stereocenters. The second-order valence-electron chi connectivity index (χ2n) is 15.8. The summed E-state index contributed by atoms with van der Waals surface area (Å²) in [7, 11) is 0. The average molecular weight is 589 g/mol. The van der Waals surface area contributed by atoms with Crippen molar-refractivity contribution in [2.75, 3.05) is 0 Å². The van der Waals surface area contributed by atoms with E-state index in [9.17, 15) is 24.3 Å². The van der Waals surface area contributed by atoms with Crippen LogP contribution < -0.4 is 0 Å². The van der Waals surface area contributed by atoms with Crippen LogP contribution in [0.15, 0.2) is 23.3 Å². The van der Waals surface area contributed by atoms with Gasteiger partial charge >= 0.3 is 0 Å². The minimum absolute atomic E-state index is 0.0346. The molecule has 0 aromatic heterocycles. The van der Waals surface area contributed by atoms with E-state index in [0.29, 0.717) is 66.2 Å². The van der Waals surface area contributed by atoms with E-state index in [2.05, 4.69) is 13.8 Å². The molecule has 0 aliphatic heterocycles. The minimum atomic E-state index is -0.370. The SMILES string of the molecule is CC[C@]12CC(O)[C@H]3[C@@H](CCC4=CC(=O)CC[C@@H]43)[C@@H]1CCC2=O.CC[C@]12CC[C@H]3[C@@H](CCC4=CC(=O)CC[C@@H]43)[C@@H]1CCC2=O. The molecule has 0 saturated heterocycles. The lowest BCUT2D eigenvalue weighted by atomic mass is 9.50. The average Bonchev–Trinajstić information content (AvgIpc) is 3.53. The summed E-state index contributed by atoms with van der Waals surface area (Å²) >= 11 is 0. The summed E-state index contributed by atoms with van der Waals surface area (Å²) in [6, 6.07) is 0. The van der Waals surface area contributed by atoms with Crippen molar-refractivity contribution in [3.8, 4) is 0 Å². The lowest BCUT2D eigenvalue weighted by Crippen LogP contribution is -2.54. The van der Waals surface area contributed by atoms with Crippen LogP contribution in [0, 0.1) is 58.2 Å². The van der Waals surface area contributed by atoms with Crippen LogP contribution in [0.25, 0.3) is 0 Å². The zero-order chi connectivity index (χ0) is 30.1. The summed E-state index contributed by atoms with van der Waals surface area (Å²) in [5.41, 5.74) is 2.52. The molecule has 0 amide bonds. The smallest absolute Gasteiger partial charge is 0.155 e. The molecule has 8 aliphatic rings. The molecular formula is C38H52O5. The predicted octanol–water partition coefficient (Wildman–Crippen LogP) is 7.15. The Hall–Kier alpha value is -1.88. The van der Waals surface area contributed by atoms with Crippen LogP contribution in [0.3, 0.4) is 0 Å². The Morgan fingerprint density at radius 2 is 1.19 bits per heavy atom. The Bertz CT molecular complexity index is 1260. The van der Waals surface area contributed by atoms with Crippen molar-refractivity contribution in [1.82, 2.24) is 0 Å². The first-order valence-electron chi connectivity index (χ1n) is 17.9. The van der Waals surface area contributed by atoms with E-state index in [4.69, 9.17) is 0 Å². The number of aliphatic hydroxyl groups is 1. The van der Waals surface area contributed by atoms with Gasteiger partial charge in [-0.15, -0.1) is 0 Å². The van der Waals surface area contributed by atoms with E-state index >= 15 is 0 Å². The highest BCUT2D eigenvalue weighted by Crippen LogP contribution is 2.63. The Kier molecular flexibility index (Phi) is 7.75. The number of ketones is 4. The molecule has 234 valence electrons. The number of rotatable bonds is 2. The summed E-state index contributed by atoms with van der Waals surface area (Å²) in [4.78, 5) is 48.4. The zero-order valence-corrected chi connectivity index (χ0v) is 26.5. The maximum absolute atomic E-state index is 12.5. The van der Waals surface area contributed by atoms with Crippen LogP contribution in [0.5, 0.6) is 0 Å². The van der Waals surface area contributed by atoms with Crippen molar-refractivity contribution < 1.29 is 24.3 Å². The number of aliphatic hydroxyl groups excluding tert-OH is 1. The van der Waals surface area contributed by atoms with E-state index < -0.39 is 0 Å². The van der Waals surface area contributed by atoms with Crippen LogP contribution >= 0.6 is 0 Å². The summed E-state index contributed by atoms with van der Waals surface area (Å²) in [5.74, 6) is 5.99. The van der Waals surface area contributed by atoms with Gasteiger partial charge in [-0.1, -0.05) is 25.0 Å². The number of Topliss-reactive ketones (excluding diaryl/α,β-unsaturated/α-hetero) is 2. The third-order valence-corrected chi connectivity index (χ3v) is 14.7. The Balaban J connectivity index is 0.000000140. The summed E-state index contributed by atoms with van der Waals surface area (Å²) in [5, 5.41) is 10.9. The highest BCUT2D eigenvalue weighted by atomic mass is 16.3. The second-order valence-corrected chi connectivity index (χ2v) is 15.8. The highest BCUT2D eigenvalue weighted by molar-refractivity contribution is 5.92. The second kappa shape index (κ2) is 11.2. The Morgan fingerprint density at radius 1 is 0.628 bits per heavy atom. The van der Waals surface area contributed by atoms with Crippen molar-refractivity contribution >= 4 is 23.1 Å². The molecule has 0 aromatic carbocycles. The maximum atomic E-state index is 12.5. The van der Waals surface area contributed by atoms with Crippen molar-refractivity contribution in [3.05, 3.63) is 23.3 Å².